The lowest BCUT2D eigenvalue weighted by molar-refractivity contribution is -0.115. The quantitative estimate of drug-likeness (QED) is 0.753. The molecule has 2 aromatic carbocycles. The number of halogens is 1. The van der Waals surface area contributed by atoms with Gasteiger partial charge in [0.1, 0.15) is 5.82 Å². The van der Waals surface area contributed by atoms with Crippen LogP contribution < -0.4 is 10.6 Å². The molecule has 3 rings (SSSR count). The second-order valence-electron chi connectivity index (χ2n) is 5.11. The molecule has 0 radical (unpaired) electrons. The summed E-state index contributed by atoms with van der Waals surface area (Å²) in [5.41, 5.74) is 2.37. The fourth-order valence-electron chi connectivity index (χ4n) is 2.31. The Morgan fingerprint density at radius 2 is 1.83 bits per heavy atom. The van der Waals surface area contributed by atoms with Crippen molar-refractivity contribution < 1.29 is 9.18 Å². The lowest BCUT2D eigenvalue weighted by Crippen LogP contribution is -2.16. The minimum Gasteiger partial charge on any atom is -0.383 e. The Morgan fingerprint density at radius 3 is 2.65 bits per heavy atom. The van der Waals surface area contributed by atoms with Gasteiger partial charge in [0.2, 0.25) is 5.91 Å². The molecule has 1 heterocycles. The number of aromatic nitrogens is 1. The first-order valence-electron chi connectivity index (χ1n) is 7.35. The first-order chi connectivity index (χ1) is 11.2. The minimum atomic E-state index is -0.326. The van der Waals surface area contributed by atoms with Crippen LogP contribution in [0.25, 0.3) is 10.9 Å². The van der Waals surface area contributed by atoms with Gasteiger partial charge < -0.3 is 10.6 Å². The van der Waals surface area contributed by atoms with E-state index < -0.39 is 0 Å². The van der Waals surface area contributed by atoms with Gasteiger partial charge in [-0.2, -0.15) is 0 Å². The molecule has 3 aromatic rings. The maximum atomic E-state index is 12.8. The van der Waals surface area contributed by atoms with Crippen molar-refractivity contribution in [1.29, 1.82) is 0 Å². The number of benzene rings is 2. The zero-order valence-electron chi connectivity index (χ0n) is 12.4. The molecule has 23 heavy (non-hydrogen) atoms. The molecule has 1 aromatic heterocycles. The van der Waals surface area contributed by atoms with E-state index in [9.17, 15) is 9.18 Å². The maximum absolute atomic E-state index is 12.8. The van der Waals surface area contributed by atoms with Crippen LogP contribution in [0.1, 0.15) is 6.42 Å². The lowest BCUT2D eigenvalue weighted by Gasteiger charge is -2.09. The maximum Gasteiger partial charge on any atom is 0.226 e. The van der Waals surface area contributed by atoms with Gasteiger partial charge in [0, 0.05) is 30.2 Å². The lowest BCUT2D eigenvalue weighted by atomic mass is 10.2. The van der Waals surface area contributed by atoms with Gasteiger partial charge in [-0.05, 0) is 36.4 Å². The van der Waals surface area contributed by atoms with Crippen LogP contribution in [0.5, 0.6) is 0 Å². The number of carbonyl (C=O) groups is 1. The van der Waals surface area contributed by atoms with E-state index >= 15 is 0 Å². The van der Waals surface area contributed by atoms with Crippen LogP contribution in [0, 0.1) is 5.82 Å². The van der Waals surface area contributed by atoms with E-state index in [0.717, 1.165) is 16.6 Å². The Labute approximate surface area is 133 Å². The first-order valence-corrected chi connectivity index (χ1v) is 7.35. The number of carbonyl (C=O) groups excluding carboxylic acids is 1. The molecule has 0 atom stereocenters. The Kier molecular flexibility index (Phi) is 4.47. The van der Waals surface area contributed by atoms with Crippen LogP contribution in [0.3, 0.4) is 0 Å². The third-order valence-corrected chi connectivity index (χ3v) is 3.43. The summed E-state index contributed by atoms with van der Waals surface area (Å²) in [5.74, 6) is -0.453. The molecule has 0 saturated heterocycles. The average Bonchev–Trinajstić information content (AvgIpc) is 2.57. The Balaban J connectivity index is 1.56. The molecule has 116 valence electrons. The minimum absolute atomic E-state index is 0.127. The van der Waals surface area contributed by atoms with Crippen molar-refractivity contribution in [2.75, 3.05) is 17.2 Å². The van der Waals surface area contributed by atoms with Gasteiger partial charge in [0.05, 0.1) is 11.2 Å². The van der Waals surface area contributed by atoms with Gasteiger partial charge in [-0.25, -0.2) is 4.39 Å². The SMILES string of the molecule is O=C(CCNc1cccc2cccnc12)Nc1ccc(F)cc1. The van der Waals surface area contributed by atoms with Crippen molar-refractivity contribution >= 4 is 28.2 Å². The molecule has 0 bridgehead atoms. The van der Waals surface area contributed by atoms with Crippen LogP contribution in [0.15, 0.2) is 60.8 Å². The highest BCUT2D eigenvalue weighted by Crippen LogP contribution is 2.20. The van der Waals surface area contributed by atoms with E-state index in [-0.39, 0.29) is 11.7 Å². The summed E-state index contributed by atoms with van der Waals surface area (Å²) in [6.45, 7) is 0.489. The number of anilines is 2. The molecule has 2 N–H and O–H groups in total. The molecule has 0 fully saturated rings. The summed E-state index contributed by atoms with van der Waals surface area (Å²) >= 11 is 0. The zero-order chi connectivity index (χ0) is 16.1. The largest absolute Gasteiger partial charge is 0.383 e. The van der Waals surface area contributed by atoms with E-state index in [1.807, 2.05) is 30.3 Å². The molecule has 4 nitrogen and oxygen atoms in total. The number of fused-ring (bicyclic) bond motifs is 1. The standard InChI is InChI=1S/C18H16FN3O/c19-14-6-8-15(9-7-14)22-17(23)10-12-20-16-5-1-3-13-4-2-11-21-18(13)16/h1-9,11,20H,10,12H2,(H,22,23). The number of hydrogen-bond acceptors (Lipinski definition) is 3. The van der Waals surface area contributed by atoms with Crippen LogP contribution in [0.2, 0.25) is 0 Å². The van der Waals surface area contributed by atoms with E-state index in [4.69, 9.17) is 0 Å². The normalized spacial score (nSPS) is 10.5. The molecule has 0 aliphatic heterocycles. The number of pyridine rings is 1. The predicted molar refractivity (Wildman–Crippen MR) is 89.9 cm³/mol. The number of para-hydroxylation sites is 1. The Bertz CT molecular complexity index is 813. The van der Waals surface area contributed by atoms with Crippen molar-refractivity contribution in [1.82, 2.24) is 4.98 Å². The predicted octanol–water partition coefficient (Wildman–Crippen LogP) is 3.81. The number of amides is 1. The van der Waals surface area contributed by atoms with E-state index in [2.05, 4.69) is 15.6 Å². The number of rotatable bonds is 5. The van der Waals surface area contributed by atoms with Gasteiger partial charge in [-0.1, -0.05) is 18.2 Å². The van der Waals surface area contributed by atoms with Gasteiger partial charge >= 0.3 is 0 Å². The third-order valence-electron chi connectivity index (χ3n) is 3.43. The highest BCUT2D eigenvalue weighted by Gasteiger charge is 2.04. The summed E-state index contributed by atoms with van der Waals surface area (Å²) in [6.07, 6.45) is 2.05. The molecular weight excluding hydrogens is 293 g/mol. The summed E-state index contributed by atoms with van der Waals surface area (Å²) in [5, 5.41) is 7.01. The molecule has 0 spiro atoms. The third kappa shape index (κ3) is 3.83. The summed E-state index contributed by atoms with van der Waals surface area (Å²) < 4.78 is 12.8. The van der Waals surface area contributed by atoms with Crippen molar-refractivity contribution in [3.63, 3.8) is 0 Å². The summed E-state index contributed by atoms with van der Waals surface area (Å²) in [6, 6.07) is 15.5. The molecule has 0 saturated carbocycles. The van der Waals surface area contributed by atoms with Crippen molar-refractivity contribution in [3.05, 3.63) is 66.6 Å². The highest BCUT2D eigenvalue weighted by molar-refractivity contribution is 5.92. The average molecular weight is 309 g/mol. The van der Waals surface area contributed by atoms with E-state index in [0.29, 0.717) is 18.7 Å². The van der Waals surface area contributed by atoms with Crippen LogP contribution in [-0.2, 0) is 4.79 Å². The monoisotopic (exact) mass is 309 g/mol. The second kappa shape index (κ2) is 6.87. The summed E-state index contributed by atoms with van der Waals surface area (Å²) in [7, 11) is 0. The van der Waals surface area contributed by atoms with Gasteiger partial charge in [-0.3, -0.25) is 9.78 Å². The molecule has 0 unspecified atom stereocenters. The topological polar surface area (TPSA) is 54.0 Å². The fourth-order valence-corrected chi connectivity index (χ4v) is 2.31. The van der Waals surface area contributed by atoms with Crippen molar-refractivity contribution in [2.45, 2.75) is 6.42 Å². The van der Waals surface area contributed by atoms with Crippen molar-refractivity contribution in [3.8, 4) is 0 Å². The highest BCUT2D eigenvalue weighted by atomic mass is 19.1. The first kappa shape index (κ1) is 15.0. The fraction of sp³-hybridized carbons (Fsp3) is 0.111. The molecule has 0 aliphatic carbocycles. The Hall–Kier alpha value is -2.95. The van der Waals surface area contributed by atoms with Crippen molar-refractivity contribution in [2.24, 2.45) is 0 Å². The molecule has 1 amide bonds. The van der Waals surface area contributed by atoms with Crippen LogP contribution in [-0.4, -0.2) is 17.4 Å². The van der Waals surface area contributed by atoms with E-state index in [1.54, 1.807) is 6.20 Å². The summed E-state index contributed by atoms with van der Waals surface area (Å²) in [4.78, 5) is 16.2. The second-order valence-corrected chi connectivity index (χ2v) is 5.11. The molecule has 5 heteroatoms. The van der Waals surface area contributed by atoms with E-state index in [1.165, 1.54) is 24.3 Å². The van der Waals surface area contributed by atoms with Gasteiger partial charge in [-0.15, -0.1) is 0 Å². The molecule has 0 aliphatic rings. The zero-order valence-corrected chi connectivity index (χ0v) is 12.4. The number of nitrogens with zero attached hydrogens (tertiary/aromatic N) is 1. The van der Waals surface area contributed by atoms with Gasteiger partial charge in [0.15, 0.2) is 0 Å². The number of hydrogen-bond donors (Lipinski definition) is 2. The van der Waals surface area contributed by atoms with Gasteiger partial charge in [0.25, 0.3) is 0 Å². The van der Waals surface area contributed by atoms with Crippen LogP contribution >= 0.6 is 0 Å². The smallest absolute Gasteiger partial charge is 0.226 e. The molecular formula is C18H16FN3O. The van der Waals surface area contributed by atoms with Crippen LogP contribution in [0.4, 0.5) is 15.8 Å². The number of nitrogens with one attached hydrogen (secondary N) is 2. The Morgan fingerprint density at radius 1 is 1.04 bits per heavy atom.